The first-order valence-corrected chi connectivity index (χ1v) is 29.0. The fourth-order valence-corrected chi connectivity index (χ4v) is 7.23. The van der Waals surface area contributed by atoms with Crippen molar-refractivity contribution in [3.63, 3.8) is 0 Å². The van der Waals surface area contributed by atoms with Gasteiger partial charge in [-0.05, 0) is 135 Å². The molecule has 0 N–H and O–H groups in total. The van der Waals surface area contributed by atoms with E-state index in [0.717, 1.165) is 122 Å². The van der Waals surface area contributed by atoms with Crippen LogP contribution in [0.25, 0.3) is 0 Å². The zero-order chi connectivity index (χ0) is 52.9. The van der Waals surface area contributed by atoms with Crippen molar-refractivity contribution in [2.24, 2.45) is 0 Å². The van der Waals surface area contributed by atoms with Crippen molar-refractivity contribution in [2.45, 2.75) is 232 Å². The van der Waals surface area contributed by atoms with Crippen LogP contribution in [0.5, 0.6) is 0 Å². The van der Waals surface area contributed by atoms with Crippen molar-refractivity contribution in [3.8, 4) is 0 Å². The topological polar surface area (TPSA) is 78.9 Å². The summed E-state index contributed by atoms with van der Waals surface area (Å²) in [5, 5.41) is 0. The molecule has 73 heavy (non-hydrogen) atoms. The van der Waals surface area contributed by atoms with E-state index in [1.807, 2.05) is 12.2 Å². The lowest BCUT2D eigenvalue weighted by atomic mass is 10.1. The number of ether oxygens (including phenoxy) is 3. The van der Waals surface area contributed by atoms with Crippen molar-refractivity contribution >= 4 is 17.9 Å². The van der Waals surface area contributed by atoms with Gasteiger partial charge in [-0.2, -0.15) is 0 Å². The number of rotatable bonds is 50. The van der Waals surface area contributed by atoms with Crippen molar-refractivity contribution in [1.82, 2.24) is 0 Å². The fraction of sp³-hybridized carbons (Fsp3) is 0.567. The third kappa shape index (κ3) is 57.8. The minimum absolute atomic E-state index is 0.126. The lowest BCUT2D eigenvalue weighted by molar-refractivity contribution is -0.166. The second-order valence-corrected chi connectivity index (χ2v) is 18.4. The maximum atomic E-state index is 12.9. The highest BCUT2D eigenvalue weighted by Crippen LogP contribution is 2.13. The molecular formula is C67H104O6. The molecule has 0 aromatic carbocycles. The molecule has 0 aromatic rings. The molecule has 0 spiro atoms. The summed E-state index contributed by atoms with van der Waals surface area (Å²) in [6, 6.07) is 0. The van der Waals surface area contributed by atoms with Gasteiger partial charge < -0.3 is 14.2 Å². The van der Waals surface area contributed by atoms with Crippen LogP contribution in [0.3, 0.4) is 0 Å². The van der Waals surface area contributed by atoms with E-state index in [2.05, 4.69) is 167 Å². The van der Waals surface area contributed by atoms with Crippen molar-refractivity contribution in [2.75, 3.05) is 13.2 Å². The Morgan fingerprint density at radius 3 is 0.932 bits per heavy atom. The first-order chi connectivity index (χ1) is 36.0. The molecule has 0 saturated heterocycles. The van der Waals surface area contributed by atoms with E-state index in [1.54, 1.807) is 0 Å². The molecular weight excluding hydrogens is 901 g/mol. The van der Waals surface area contributed by atoms with E-state index in [9.17, 15) is 14.4 Å². The van der Waals surface area contributed by atoms with E-state index in [-0.39, 0.29) is 44.0 Å². The first kappa shape index (κ1) is 68.0. The normalized spacial score (nSPS) is 13.3. The molecule has 0 amide bonds. The van der Waals surface area contributed by atoms with Gasteiger partial charge in [-0.15, -0.1) is 0 Å². The Hall–Kier alpha value is -4.97. The average molecular weight is 1010 g/mol. The minimum Gasteiger partial charge on any atom is -0.462 e. The molecule has 0 aliphatic heterocycles. The summed E-state index contributed by atoms with van der Waals surface area (Å²) in [6.07, 6.45) is 86.7. The number of hydrogen-bond acceptors (Lipinski definition) is 6. The van der Waals surface area contributed by atoms with Gasteiger partial charge in [0, 0.05) is 19.3 Å². The number of carbonyl (C=O) groups excluding carboxylic acids is 3. The summed E-state index contributed by atoms with van der Waals surface area (Å²) < 4.78 is 16.8. The van der Waals surface area contributed by atoms with Crippen LogP contribution in [-0.4, -0.2) is 37.2 Å². The monoisotopic (exact) mass is 1000 g/mol. The Bertz CT molecular complexity index is 1670. The van der Waals surface area contributed by atoms with Crippen LogP contribution in [0.1, 0.15) is 226 Å². The summed E-state index contributed by atoms with van der Waals surface area (Å²) in [5.41, 5.74) is 0. The van der Waals surface area contributed by atoms with Gasteiger partial charge in [0.2, 0.25) is 0 Å². The van der Waals surface area contributed by atoms with E-state index in [4.69, 9.17) is 14.2 Å². The molecule has 6 nitrogen and oxygen atoms in total. The van der Waals surface area contributed by atoms with Crippen molar-refractivity contribution in [3.05, 3.63) is 158 Å². The standard InChI is InChI=1S/C67H104O6/c1-4-7-10-13-16-19-22-25-28-31-33-36-39-42-45-48-51-54-57-60-66(69)72-63-64(62-71-65(68)59-56-53-50-47-44-41-38-35-30-27-24-21-18-15-12-9-6-3)73-67(70)61-58-55-52-49-46-43-40-37-34-32-29-26-23-20-17-14-11-8-5-2/h7-8,10-11,16-21,25-30,33-34,36-37,42-43,45-46,51,54,64H,4-6,9,12-15,22-24,31-32,35,38-41,44,47-50,52-53,55-63H2,1-3H3/b10-7-,11-8-,19-16-,20-17-,21-18-,28-25-,29-26-,30-27-,36-33-,37-34-,45-42-,46-43-,54-51-/t64-/m0/s1. The van der Waals surface area contributed by atoms with Crippen molar-refractivity contribution in [1.29, 1.82) is 0 Å². The highest BCUT2D eigenvalue weighted by atomic mass is 16.6. The molecule has 0 aliphatic rings. The van der Waals surface area contributed by atoms with Crippen LogP contribution in [0.15, 0.2) is 158 Å². The van der Waals surface area contributed by atoms with Gasteiger partial charge in [0.05, 0.1) is 0 Å². The Kier molecular flexibility index (Phi) is 55.5. The lowest BCUT2D eigenvalue weighted by Gasteiger charge is -2.18. The van der Waals surface area contributed by atoms with Crippen LogP contribution in [0.2, 0.25) is 0 Å². The number of carbonyl (C=O) groups is 3. The Morgan fingerprint density at radius 2 is 0.562 bits per heavy atom. The second kappa shape index (κ2) is 59.6. The van der Waals surface area contributed by atoms with Crippen LogP contribution < -0.4 is 0 Å². The number of allylic oxidation sites excluding steroid dienone is 26. The maximum Gasteiger partial charge on any atom is 0.306 e. The molecule has 0 bridgehead atoms. The van der Waals surface area contributed by atoms with Crippen LogP contribution in [0, 0.1) is 0 Å². The van der Waals surface area contributed by atoms with Gasteiger partial charge in [0.15, 0.2) is 6.10 Å². The zero-order valence-corrected chi connectivity index (χ0v) is 46.6. The van der Waals surface area contributed by atoms with Gasteiger partial charge >= 0.3 is 17.9 Å². The first-order valence-electron chi connectivity index (χ1n) is 29.0. The molecule has 0 aromatic heterocycles. The van der Waals surface area contributed by atoms with E-state index < -0.39 is 6.10 Å². The summed E-state index contributed by atoms with van der Waals surface area (Å²) in [4.78, 5) is 38.2. The molecule has 0 heterocycles. The predicted molar refractivity (Wildman–Crippen MR) is 315 cm³/mol. The highest BCUT2D eigenvalue weighted by molar-refractivity contribution is 5.71. The van der Waals surface area contributed by atoms with E-state index >= 15 is 0 Å². The fourth-order valence-electron chi connectivity index (χ4n) is 7.23. The van der Waals surface area contributed by atoms with Gasteiger partial charge in [0.1, 0.15) is 13.2 Å². The third-order valence-corrected chi connectivity index (χ3v) is 11.5. The zero-order valence-electron chi connectivity index (χ0n) is 46.6. The van der Waals surface area contributed by atoms with Crippen LogP contribution >= 0.6 is 0 Å². The van der Waals surface area contributed by atoms with E-state index in [0.29, 0.717) is 19.3 Å². The molecule has 6 heteroatoms. The molecule has 0 unspecified atom stereocenters. The molecule has 0 aliphatic carbocycles. The van der Waals surface area contributed by atoms with Crippen LogP contribution in [-0.2, 0) is 28.6 Å². The van der Waals surface area contributed by atoms with Gasteiger partial charge in [0.25, 0.3) is 0 Å². The lowest BCUT2D eigenvalue weighted by Crippen LogP contribution is -2.30. The third-order valence-electron chi connectivity index (χ3n) is 11.5. The molecule has 0 saturated carbocycles. The number of esters is 3. The maximum absolute atomic E-state index is 12.9. The molecule has 408 valence electrons. The average Bonchev–Trinajstić information content (AvgIpc) is 3.39. The molecule has 0 radical (unpaired) electrons. The minimum atomic E-state index is -0.838. The highest BCUT2D eigenvalue weighted by Gasteiger charge is 2.19. The van der Waals surface area contributed by atoms with Gasteiger partial charge in [-0.1, -0.05) is 230 Å². The van der Waals surface area contributed by atoms with Gasteiger partial charge in [-0.3, -0.25) is 14.4 Å². The largest absolute Gasteiger partial charge is 0.462 e. The summed E-state index contributed by atoms with van der Waals surface area (Å²) in [7, 11) is 0. The summed E-state index contributed by atoms with van der Waals surface area (Å²) >= 11 is 0. The Labute approximate surface area is 448 Å². The predicted octanol–water partition coefficient (Wildman–Crippen LogP) is 19.8. The van der Waals surface area contributed by atoms with Crippen molar-refractivity contribution < 1.29 is 28.6 Å². The van der Waals surface area contributed by atoms with Gasteiger partial charge in [-0.25, -0.2) is 0 Å². The Balaban J connectivity index is 4.61. The smallest absolute Gasteiger partial charge is 0.306 e. The molecule has 0 rings (SSSR count). The molecule has 0 fully saturated rings. The number of unbranched alkanes of at least 4 members (excludes halogenated alkanes) is 13. The Morgan fingerprint density at radius 1 is 0.288 bits per heavy atom. The summed E-state index contributed by atoms with van der Waals surface area (Å²) in [6.45, 7) is 6.27. The van der Waals surface area contributed by atoms with Crippen LogP contribution in [0.4, 0.5) is 0 Å². The SMILES string of the molecule is CC/C=C\C/C=C\C/C=C\C/C=C\C/C=C\C/C=C\CCC(=O)OC[C@H](COC(=O)CCCCCCCCC/C=C\C/C=C\CCCCC)OC(=O)CCCCC/C=C\C/C=C\C/C=C\C/C=C\C/C=C\CC. The molecule has 1 atom stereocenters. The quantitative estimate of drug-likeness (QED) is 0.0261. The second-order valence-electron chi connectivity index (χ2n) is 18.4. The summed E-state index contributed by atoms with van der Waals surface area (Å²) in [5.74, 6) is -1.06. The van der Waals surface area contributed by atoms with E-state index in [1.165, 1.54) is 51.4 Å². The number of hydrogen-bond donors (Lipinski definition) is 0.